The standard InChI is InChI=1S/C14H14BrNO/c1-11-2-3-14(13(15)10-11)17-9-6-12-4-7-16-8-5-12/h2-5,7-8,10H,6,9H2,1H3. The summed E-state index contributed by atoms with van der Waals surface area (Å²) in [6.07, 6.45) is 4.50. The van der Waals surface area contributed by atoms with Crippen molar-refractivity contribution in [2.75, 3.05) is 6.61 Å². The minimum absolute atomic E-state index is 0.672. The number of nitrogens with zero attached hydrogens (tertiary/aromatic N) is 1. The van der Waals surface area contributed by atoms with E-state index in [0.717, 1.165) is 16.6 Å². The molecular formula is C14H14BrNO. The zero-order valence-corrected chi connectivity index (χ0v) is 11.3. The van der Waals surface area contributed by atoms with Gasteiger partial charge in [0.1, 0.15) is 5.75 Å². The van der Waals surface area contributed by atoms with Crippen LogP contribution in [0.15, 0.2) is 47.2 Å². The zero-order valence-electron chi connectivity index (χ0n) is 9.69. The van der Waals surface area contributed by atoms with E-state index in [1.165, 1.54) is 11.1 Å². The lowest BCUT2D eigenvalue weighted by molar-refractivity contribution is 0.320. The van der Waals surface area contributed by atoms with Crippen LogP contribution in [0.3, 0.4) is 0 Å². The molecule has 1 aromatic carbocycles. The molecule has 0 atom stereocenters. The van der Waals surface area contributed by atoms with Crippen LogP contribution >= 0.6 is 15.9 Å². The maximum atomic E-state index is 5.73. The summed E-state index contributed by atoms with van der Waals surface area (Å²) >= 11 is 3.50. The van der Waals surface area contributed by atoms with Gasteiger partial charge in [0, 0.05) is 18.8 Å². The van der Waals surface area contributed by atoms with Crippen LogP contribution in [0.4, 0.5) is 0 Å². The number of rotatable bonds is 4. The number of halogens is 1. The van der Waals surface area contributed by atoms with E-state index in [2.05, 4.69) is 33.9 Å². The number of ether oxygens (including phenoxy) is 1. The molecule has 0 spiro atoms. The first-order valence-corrected chi connectivity index (χ1v) is 6.33. The van der Waals surface area contributed by atoms with Gasteiger partial charge in [-0.05, 0) is 58.2 Å². The Morgan fingerprint density at radius 1 is 1.18 bits per heavy atom. The van der Waals surface area contributed by atoms with Gasteiger partial charge in [-0.3, -0.25) is 4.98 Å². The first-order chi connectivity index (χ1) is 8.25. The van der Waals surface area contributed by atoms with Gasteiger partial charge in [-0.1, -0.05) is 6.07 Å². The molecule has 2 aromatic rings. The topological polar surface area (TPSA) is 22.1 Å². The third-order valence-corrected chi connectivity index (χ3v) is 3.10. The van der Waals surface area contributed by atoms with Gasteiger partial charge in [-0.25, -0.2) is 0 Å². The number of aromatic nitrogens is 1. The minimum Gasteiger partial charge on any atom is -0.492 e. The normalized spacial score (nSPS) is 10.2. The molecular weight excluding hydrogens is 278 g/mol. The lowest BCUT2D eigenvalue weighted by Gasteiger charge is -2.08. The summed E-state index contributed by atoms with van der Waals surface area (Å²) in [6, 6.07) is 10.1. The van der Waals surface area contributed by atoms with Gasteiger partial charge in [-0.2, -0.15) is 0 Å². The SMILES string of the molecule is Cc1ccc(OCCc2ccncc2)c(Br)c1. The van der Waals surface area contributed by atoms with E-state index in [9.17, 15) is 0 Å². The molecule has 0 N–H and O–H groups in total. The van der Waals surface area contributed by atoms with Gasteiger partial charge in [-0.15, -0.1) is 0 Å². The van der Waals surface area contributed by atoms with Gasteiger partial charge in [0.15, 0.2) is 0 Å². The second-order valence-electron chi connectivity index (χ2n) is 3.89. The van der Waals surface area contributed by atoms with Gasteiger partial charge < -0.3 is 4.74 Å². The Morgan fingerprint density at radius 2 is 1.94 bits per heavy atom. The monoisotopic (exact) mass is 291 g/mol. The average Bonchev–Trinajstić information content (AvgIpc) is 2.33. The highest BCUT2D eigenvalue weighted by molar-refractivity contribution is 9.10. The minimum atomic E-state index is 0.672. The maximum Gasteiger partial charge on any atom is 0.133 e. The second-order valence-corrected chi connectivity index (χ2v) is 4.74. The Hall–Kier alpha value is -1.35. The van der Waals surface area contributed by atoms with Crippen molar-refractivity contribution >= 4 is 15.9 Å². The van der Waals surface area contributed by atoms with Gasteiger partial charge in [0.05, 0.1) is 11.1 Å². The lowest BCUT2D eigenvalue weighted by atomic mass is 10.2. The number of pyridine rings is 1. The Morgan fingerprint density at radius 3 is 2.65 bits per heavy atom. The fourth-order valence-corrected chi connectivity index (χ4v) is 2.16. The highest BCUT2D eigenvalue weighted by Gasteiger charge is 2.01. The number of benzene rings is 1. The summed E-state index contributed by atoms with van der Waals surface area (Å²) < 4.78 is 6.74. The van der Waals surface area contributed by atoms with Crippen molar-refractivity contribution in [1.82, 2.24) is 4.98 Å². The van der Waals surface area contributed by atoms with Crippen LogP contribution in [0.1, 0.15) is 11.1 Å². The molecule has 2 nitrogen and oxygen atoms in total. The predicted octanol–water partition coefficient (Wildman–Crippen LogP) is 3.77. The van der Waals surface area contributed by atoms with Crippen LogP contribution < -0.4 is 4.74 Å². The van der Waals surface area contributed by atoms with Crippen LogP contribution in [0.25, 0.3) is 0 Å². The van der Waals surface area contributed by atoms with Crippen LogP contribution in [-0.2, 0) is 6.42 Å². The molecule has 0 bridgehead atoms. The van der Waals surface area contributed by atoms with Gasteiger partial charge >= 0.3 is 0 Å². The van der Waals surface area contributed by atoms with Crippen LogP contribution in [-0.4, -0.2) is 11.6 Å². The third-order valence-electron chi connectivity index (χ3n) is 2.49. The Labute approximate surface area is 110 Å². The quantitative estimate of drug-likeness (QED) is 0.855. The van der Waals surface area contributed by atoms with Crippen molar-refractivity contribution in [1.29, 1.82) is 0 Å². The Balaban J connectivity index is 1.90. The molecule has 17 heavy (non-hydrogen) atoms. The zero-order chi connectivity index (χ0) is 12.1. The van der Waals surface area contributed by atoms with Crippen molar-refractivity contribution < 1.29 is 4.74 Å². The van der Waals surface area contributed by atoms with E-state index in [0.29, 0.717) is 6.61 Å². The number of hydrogen-bond acceptors (Lipinski definition) is 2. The largest absolute Gasteiger partial charge is 0.492 e. The molecule has 0 aliphatic rings. The summed E-state index contributed by atoms with van der Waals surface area (Å²) in [5, 5.41) is 0. The van der Waals surface area contributed by atoms with Crippen LogP contribution in [0.5, 0.6) is 5.75 Å². The van der Waals surface area contributed by atoms with Crippen molar-refractivity contribution in [3.63, 3.8) is 0 Å². The van der Waals surface area contributed by atoms with Crippen molar-refractivity contribution in [3.8, 4) is 5.75 Å². The van der Waals surface area contributed by atoms with E-state index in [1.54, 1.807) is 12.4 Å². The van der Waals surface area contributed by atoms with Crippen molar-refractivity contribution in [2.24, 2.45) is 0 Å². The molecule has 0 aliphatic carbocycles. The molecule has 0 unspecified atom stereocenters. The van der Waals surface area contributed by atoms with E-state index in [-0.39, 0.29) is 0 Å². The second kappa shape index (κ2) is 5.82. The molecule has 88 valence electrons. The maximum absolute atomic E-state index is 5.73. The average molecular weight is 292 g/mol. The van der Waals surface area contributed by atoms with E-state index >= 15 is 0 Å². The van der Waals surface area contributed by atoms with E-state index in [1.807, 2.05) is 24.3 Å². The molecule has 0 saturated heterocycles. The molecule has 0 fully saturated rings. The highest BCUT2D eigenvalue weighted by Crippen LogP contribution is 2.25. The fraction of sp³-hybridized carbons (Fsp3) is 0.214. The van der Waals surface area contributed by atoms with Gasteiger partial charge in [0.2, 0.25) is 0 Å². The number of aryl methyl sites for hydroxylation is 1. The molecule has 2 rings (SSSR count). The molecule has 3 heteroatoms. The molecule has 0 aliphatic heterocycles. The molecule has 1 aromatic heterocycles. The van der Waals surface area contributed by atoms with E-state index in [4.69, 9.17) is 4.74 Å². The Bertz CT molecular complexity index is 485. The number of hydrogen-bond donors (Lipinski definition) is 0. The fourth-order valence-electron chi connectivity index (χ4n) is 1.55. The third kappa shape index (κ3) is 3.56. The first kappa shape index (κ1) is 12.1. The summed E-state index contributed by atoms with van der Waals surface area (Å²) in [7, 11) is 0. The molecule has 1 heterocycles. The Kier molecular flexibility index (Phi) is 4.15. The van der Waals surface area contributed by atoms with Crippen molar-refractivity contribution in [3.05, 3.63) is 58.3 Å². The summed E-state index contributed by atoms with van der Waals surface area (Å²) in [5.74, 6) is 0.893. The summed E-state index contributed by atoms with van der Waals surface area (Å²) in [6.45, 7) is 2.73. The lowest BCUT2D eigenvalue weighted by Crippen LogP contribution is -2.01. The van der Waals surface area contributed by atoms with Crippen LogP contribution in [0, 0.1) is 6.92 Å². The summed E-state index contributed by atoms with van der Waals surface area (Å²) in [4.78, 5) is 3.99. The smallest absolute Gasteiger partial charge is 0.133 e. The highest BCUT2D eigenvalue weighted by atomic mass is 79.9. The van der Waals surface area contributed by atoms with E-state index < -0.39 is 0 Å². The van der Waals surface area contributed by atoms with Gasteiger partial charge in [0.25, 0.3) is 0 Å². The molecule has 0 saturated carbocycles. The van der Waals surface area contributed by atoms with Crippen LogP contribution in [0.2, 0.25) is 0 Å². The first-order valence-electron chi connectivity index (χ1n) is 5.53. The molecule has 0 amide bonds. The van der Waals surface area contributed by atoms with Crippen molar-refractivity contribution in [2.45, 2.75) is 13.3 Å². The summed E-state index contributed by atoms with van der Waals surface area (Å²) in [5.41, 5.74) is 2.46. The molecule has 0 radical (unpaired) electrons. The predicted molar refractivity (Wildman–Crippen MR) is 72.3 cm³/mol.